The molecular weight excluding hydrogens is 282 g/mol. The topological polar surface area (TPSA) is 76.4 Å². The Morgan fingerprint density at radius 2 is 2.32 bits per heavy atom. The molecule has 1 atom stereocenters. The average Bonchev–Trinajstić information content (AvgIpc) is 3.24. The van der Waals surface area contributed by atoms with E-state index in [1.807, 2.05) is 12.1 Å². The Balaban J connectivity index is 1.48. The first-order valence-electron chi connectivity index (χ1n) is 7.43. The van der Waals surface area contributed by atoms with Crippen LogP contribution >= 0.6 is 0 Å². The minimum Gasteiger partial charge on any atom is -0.467 e. The fourth-order valence-electron chi connectivity index (χ4n) is 2.34. The van der Waals surface area contributed by atoms with E-state index in [1.165, 1.54) is 0 Å². The van der Waals surface area contributed by atoms with E-state index in [-0.39, 0.29) is 12.0 Å². The number of aromatic nitrogens is 1. The molecule has 1 unspecified atom stereocenters. The molecular formula is C16H19N3O3. The minimum absolute atomic E-state index is 0.220. The van der Waals surface area contributed by atoms with Gasteiger partial charge in [-0.3, -0.25) is 4.79 Å². The number of hydrogen-bond acceptors (Lipinski definition) is 5. The zero-order chi connectivity index (χ0) is 15.2. The number of carbonyl (C=O) groups excluding carboxylic acids is 1. The van der Waals surface area contributed by atoms with Crippen molar-refractivity contribution in [3.63, 3.8) is 0 Å². The molecule has 6 nitrogen and oxygen atoms in total. The van der Waals surface area contributed by atoms with Gasteiger partial charge < -0.3 is 19.8 Å². The molecule has 1 fully saturated rings. The number of rotatable bonds is 6. The summed E-state index contributed by atoms with van der Waals surface area (Å²) in [5.74, 6) is 0.491. The lowest BCUT2D eigenvalue weighted by molar-refractivity contribution is 0.0943. The van der Waals surface area contributed by atoms with Crippen molar-refractivity contribution in [1.29, 1.82) is 0 Å². The highest BCUT2D eigenvalue weighted by Gasteiger charge is 2.15. The third-order valence-corrected chi connectivity index (χ3v) is 3.56. The van der Waals surface area contributed by atoms with Crippen LogP contribution in [-0.2, 0) is 11.3 Å². The van der Waals surface area contributed by atoms with Gasteiger partial charge in [-0.1, -0.05) is 0 Å². The van der Waals surface area contributed by atoms with Crippen molar-refractivity contribution in [2.24, 2.45) is 0 Å². The van der Waals surface area contributed by atoms with Gasteiger partial charge in [-0.05, 0) is 37.1 Å². The lowest BCUT2D eigenvalue weighted by atomic mass is 10.2. The quantitative estimate of drug-likeness (QED) is 0.855. The predicted octanol–water partition coefficient (Wildman–Crippen LogP) is 2.20. The minimum atomic E-state index is -0.220. The Hall–Kier alpha value is -2.34. The molecule has 2 aromatic heterocycles. The van der Waals surface area contributed by atoms with Crippen LogP contribution in [-0.4, -0.2) is 30.1 Å². The zero-order valence-electron chi connectivity index (χ0n) is 12.2. The highest BCUT2D eigenvalue weighted by Crippen LogP contribution is 2.13. The van der Waals surface area contributed by atoms with Crippen LogP contribution in [0.1, 0.15) is 29.1 Å². The maximum absolute atomic E-state index is 12.0. The number of pyridine rings is 1. The van der Waals surface area contributed by atoms with E-state index in [2.05, 4.69) is 15.6 Å². The standard InChI is InChI=1S/C16H19N3O3/c20-16(19-11-14-4-2-8-22-14)15-6-5-12(9-18-15)17-10-13-3-1-7-21-13/h2,4-6,8-9,13,17H,1,3,7,10-11H2,(H,19,20). The van der Waals surface area contributed by atoms with E-state index in [0.29, 0.717) is 18.0 Å². The Labute approximate surface area is 128 Å². The molecule has 3 heterocycles. The highest BCUT2D eigenvalue weighted by atomic mass is 16.5. The van der Waals surface area contributed by atoms with E-state index in [0.717, 1.165) is 31.7 Å². The first kappa shape index (κ1) is 14.6. The summed E-state index contributed by atoms with van der Waals surface area (Å²) in [7, 11) is 0. The maximum atomic E-state index is 12.0. The first-order valence-corrected chi connectivity index (χ1v) is 7.43. The monoisotopic (exact) mass is 301 g/mol. The van der Waals surface area contributed by atoms with Gasteiger partial charge in [0.25, 0.3) is 5.91 Å². The molecule has 1 aliphatic heterocycles. The molecule has 116 valence electrons. The molecule has 2 N–H and O–H groups in total. The molecule has 0 aliphatic carbocycles. The lowest BCUT2D eigenvalue weighted by Gasteiger charge is -2.11. The molecule has 2 aromatic rings. The summed E-state index contributed by atoms with van der Waals surface area (Å²) in [4.78, 5) is 16.1. The average molecular weight is 301 g/mol. The molecule has 0 radical (unpaired) electrons. The molecule has 1 aliphatic rings. The summed E-state index contributed by atoms with van der Waals surface area (Å²) in [6.07, 6.45) is 5.73. The summed E-state index contributed by atoms with van der Waals surface area (Å²) in [5, 5.41) is 6.03. The maximum Gasteiger partial charge on any atom is 0.270 e. The normalized spacial score (nSPS) is 17.4. The number of amides is 1. The van der Waals surface area contributed by atoms with Crippen LogP contribution < -0.4 is 10.6 Å². The van der Waals surface area contributed by atoms with Gasteiger partial charge >= 0.3 is 0 Å². The molecule has 0 aromatic carbocycles. The van der Waals surface area contributed by atoms with Crippen LogP contribution in [0.4, 0.5) is 5.69 Å². The van der Waals surface area contributed by atoms with Gasteiger partial charge in [0.1, 0.15) is 11.5 Å². The Morgan fingerprint density at radius 1 is 1.36 bits per heavy atom. The number of nitrogens with zero attached hydrogens (tertiary/aromatic N) is 1. The molecule has 1 saturated heterocycles. The van der Waals surface area contributed by atoms with Crippen LogP contribution in [0, 0.1) is 0 Å². The smallest absolute Gasteiger partial charge is 0.270 e. The van der Waals surface area contributed by atoms with Gasteiger partial charge in [0.15, 0.2) is 0 Å². The zero-order valence-corrected chi connectivity index (χ0v) is 12.2. The number of furan rings is 1. The van der Waals surface area contributed by atoms with Crippen LogP contribution in [0.2, 0.25) is 0 Å². The van der Waals surface area contributed by atoms with Gasteiger partial charge in [0.2, 0.25) is 0 Å². The van der Waals surface area contributed by atoms with Gasteiger partial charge in [-0.15, -0.1) is 0 Å². The largest absolute Gasteiger partial charge is 0.467 e. The molecule has 0 bridgehead atoms. The fourth-order valence-corrected chi connectivity index (χ4v) is 2.34. The number of nitrogens with one attached hydrogen (secondary N) is 2. The summed E-state index contributed by atoms with van der Waals surface area (Å²) < 4.78 is 10.7. The van der Waals surface area contributed by atoms with Gasteiger partial charge in [-0.2, -0.15) is 0 Å². The van der Waals surface area contributed by atoms with Crippen molar-refractivity contribution >= 4 is 11.6 Å². The molecule has 1 amide bonds. The van der Waals surface area contributed by atoms with Crippen LogP contribution in [0.15, 0.2) is 41.1 Å². The first-order chi connectivity index (χ1) is 10.8. The third-order valence-electron chi connectivity index (χ3n) is 3.56. The van der Waals surface area contributed by atoms with Gasteiger partial charge in [0, 0.05) is 13.2 Å². The van der Waals surface area contributed by atoms with E-state index < -0.39 is 0 Å². The predicted molar refractivity (Wildman–Crippen MR) is 81.6 cm³/mol. The molecule has 22 heavy (non-hydrogen) atoms. The van der Waals surface area contributed by atoms with E-state index in [1.54, 1.807) is 24.6 Å². The van der Waals surface area contributed by atoms with Gasteiger partial charge in [0.05, 0.1) is 30.8 Å². The summed E-state index contributed by atoms with van der Waals surface area (Å²) in [6, 6.07) is 7.15. The number of hydrogen-bond donors (Lipinski definition) is 2. The van der Waals surface area contributed by atoms with Crippen LogP contribution in [0.5, 0.6) is 0 Å². The van der Waals surface area contributed by atoms with Crippen LogP contribution in [0.3, 0.4) is 0 Å². The molecule has 0 saturated carbocycles. The van der Waals surface area contributed by atoms with Crippen LogP contribution in [0.25, 0.3) is 0 Å². The van der Waals surface area contributed by atoms with E-state index in [4.69, 9.17) is 9.15 Å². The van der Waals surface area contributed by atoms with Crippen molar-refractivity contribution in [1.82, 2.24) is 10.3 Å². The highest BCUT2D eigenvalue weighted by molar-refractivity contribution is 5.92. The summed E-state index contributed by atoms with van der Waals surface area (Å²) in [5.41, 5.74) is 1.27. The number of anilines is 1. The van der Waals surface area contributed by atoms with Crippen molar-refractivity contribution < 1.29 is 13.9 Å². The van der Waals surface area contributed by atoms with Crippen molar-refractivity contribution in [3.8, 4) is 0 Å². The van der Waals surface area contributed by atoms with Crippen molar-refractivity contribution in [3.05, 3.63) is 48.2 Å². The fraction of sp³-hybridized carbons (Fsp3) is 0.375. The van der Waals surface area contributed by atoms with E-state index in [9.17, 15) is 4.79 Å². The van der Waals surface area contributed by atoms with Crippen molar-refractivity contribution in [2.75, 3.05) is 18.5 Å². The third kappa shape index (κ3) is 3.85. The van der Waals surface area contributed by atoms with Gasteiger partial charge in [-0.25, -0.2) is 4.98 Å². The SMILES string of the molecule is O=C(NCc1ccco1)c1ccc(NCC2CCCO2)cn1. The Kier molecular flexibility index (Phi) is 4.70. The Morgan fingerprint density at radius 3 is 3.00 bits per heavy atom. The second-order valence-electron chi connectivity index (χ2n) is 5.21. The lowest BCUT2D eigenvalue weighted by Crippen LogP contribution is -2.23. The van der Waals surface area contributed by atoms with Crippen molar-refractivity contribution in [2.45, 2.75) is 25.5 Å². The summed E-state index contributed by atoms with van der Waals surface area (Å²) >= 11 is 0. The number of carbonyl (C=O) groups is 1. The van der Waals surface area contributed by atoms with E-state index >= 15 is 0 Å². The summed E-state index contributed by atoms with van der Waals surface area (Å²) in [6.45, 7) is 1.97. The number of ether oxygens (including phenoxy) is 1. The molecule has 0 spiro atoms. The second-order valence-corrected chi connectivity index (χ2v) is 5.21. The molecule has 6 heteroatoms. The Bertz CT molecular complexity index is 590. The molecule has 3 rings (SSSR count). The second kappa shape index (κ2) is 7.09.